The molecule has 0 aliphatic rings. The molecular formula is C12H15BrN2. The Balaban J connectivity index is 2.63. The average molecular weight is 267 g/mol. The Hall–Kier alpha value is -0.800. The number of halogens is 1. The van der Waals surface area contributed by atoms with Gasteiger partial charge in [0, 0.05) is 27.1 Å². The zero-order valence-corrected chi connectivity index (χ0v) is 10.6. The third-order valence-electron chi connectivity index (χ3n) is 2.56. The van der Waals surface area contributed by atoms with Crippen molar-refractivity contribution >= 4 is 26.8 Å². The number of hydrogen-bond donors (Lipinski definition) is 2. The summed E-state index contributed by atoms with van der Waals surface area (Å²) in [5, 5.41) is 1.27. The molecule has 1 aromatic carbocycles. The van der Waals surface area contributed by atoms with Crippen molar-refractivity contribution in [2.45, 2.75) is 26.3 Å². The molecule has 1 atom stereocenters. The number of aromatic nitrogens is 1. The third-order valence-corrected chi connectivity index (χ3v) is 3.55. The van der Waals surface area contributed by atoms with E-state index < -0.39 is 0 Å². The maximum atomic E-state index is 5.85. The minimum absolute atomic E-state index is 0.192. The van der Waals surface area contributed by atoms with Crippen molar-refractivity contribution in [2.24, 2.45) is 5.73 Å². The summed E-state index contributed by atoms with van der Waals surface area (Å²) in [6.07, 6.45) is 0.910. The molecule has 0 bridgehead atoms. The van der Waals surface area contributed by atoms with Gasteiger partial charge < -0.3 is 10.7 Å². The van der Waals surface area contributed by atoms with E-state index in [1.165, 1.54) is 22.2 Å². The van der Waals surface area contributed by atoms with Crippen LogP contribution < -0.4 is 5.73 Å². The predicted octanol–water partition coefficient (Wildman–Crippen LogP) is 3.13. The second-order valence-corrected chi connectivity index (χ2v) is 4.88. The first-order valence-electron chi connectivity index (χ1n) is 5.11. The number of nitrogens with one attached hydrogen (secondary N) is 1. The molecule has 0 aliphatic carbocycles. The van der Waals surface area contributed by atoms with Gasteiger partial charge in [0.1, 0.15) is 0 Å². The molecule has 2 nitrogen and oxygen atoms in total. The highest BCUT2D eigenvalue weighted by Gasteiger charge is 2.10. The highest BCUT2D eigenvalue weighted by atomic mass is 79.9. The van der Waals surface area contributed by atoms with Gasteiger partial charge in [-0.05, 0) is 47.8 Å². The van der Waals surface area contributed by atoms with Crippen molar-refractivity contribution in [3.8, 4) is 0 Å². The van der Waals surface area contributed by atoms with Crippen LogP contribution in [0, 0.1) is 6.92 Å². The fraction of sp³-hybridized carbons (Fsp3) is 0.333. The van der Waals surface area contributed by atoms with Crippen molar-refractivity contribution in [2.75, 3.05) is 0 Å². The molecule has 3 N–H and O–H groups in total. The van der Waals surface area contributed by atoms with Crippen LogP contribution in [0.25, 0.3) is 10.9 Å². The van der Waals surface area contributed by atoms with Gasteiger partial charge in [-0.2, -0.15) is 0 Å². The SMILES string of the molecule is Cc1[nH]c2cccc(CC(C)N)c2c1Br. The normalized spacial score (nSPS) is 13.3. The second-order valence-electron chi connectivity index (χ2n) is 4.09. The van der Waals surface area contributed by atoms with E-state index in [4.69, 9.17) is 5.73 Å². The van der Waals surface area contributed by atoms with Gasteiger partial charge in [0.2, 0.25) is 0 Å². The van der Waals surface area contributed by atoms with Crippen LogP contribution in [0.15, 0.2) is 22.7 Å². The molecule has 1 aromatic heterocycles. The first-order valence-corrected chi connectivity index (χ1v) is 5.90. The monoisotopic (exact) mass is 266 g/mol. The Labute approximate surface area is 98.0 Å². The fourth-order valence-electron chi connectivity index (χ4n) is 1.92. The molecule has 0 fully saturated rings. The van der Waals surface area contributed by atoms with Crippen LogP contribution >= 0.6 is 15.9 Å². The maximum absolute atomic E-state index is 5.85. The quantitative estimate of drug-likeness (QED) is 0.862. The van der Waals surface area contributed by atoms with E-state index in [-0.39, 0.29) is 6.04 Å². The molecule has 2 rings (SSSR count). The molecule has 0 radical (unpaired) electrons. The number of hydrogen-bond acceptors (Lipinski definition) is 1. The molecular weight excluding hydrogens is 252 g/mol. The average Bonchev–Trinajstić information content (AvgIpc) is 2.43. The Morgan fingerprint density at radius 2 is 2.20 bits per heavy atom. The minimum Gasteiger partial charge on any atom is -0.358 e. The van der Waals surface area contributed by atoms with Gasteiger partial charge in [-0.3, -0.25) is 0 Å². The van der Waals surface area contributed by atoms with E-state index >= 15 is 0 Å². The summed E-state index contributed by atoms with van der Waals surface area (Å²) in [6.45, 7) is 4.10. The predicted molar refractivity (Wildman–Crippen MR) is 68.1 cm³/mol. The molecule has 80 valence electrons. The van der Waals surface area contributed by atoms with Crippen molar-refractivity contribution in [1.29, 1.82) is 0 Å². The molecule has 15 heavy (non-hydrogen) atoms. The number of H-pyrrole nitrogens is 1. The van der Waals surface area contributed by atoms with Gasteiger partial charge >= 0.3 is 0 Å². The zero-order chi connectivity index (χ0) is 11.0. The third kappa shape index (κ3) is 1.94. The van der Waals surface area contributed by atoms with E-state index in [1.54, 1.807) is 0 Å². The van der Waals surface area contributed by atoms with Crippen LogP contribution in [0.5, 0.6) is 0 Å². The number of nitrogens with two attached hydrogens (primary N) is 1. The topological polar surface area (TPSA) is 41.8 Å². The zero-order valence-electron chi connectivity index (χ0n) is 8.97. The lowest BCUT2D eigenvalue weighted by molar-refractivity contribution is 0.741. The van der Waals surface area contributed by atoms with Gasteiger partial charge in [0.15, 0.2) is 0 Å². The van der Waals surface area contributed by atoms with Gasteiger partial charge in [0.25, 0.3) is 0 Å². The molecule has 2 aromatic rings. The second kappa shape index (κ2) is 3.99. The maximum Gasteiger partial charge on any atom is 0.0470 e. The van der Waals surface area contributed by atoms with Gasteiger partial charge in [-0.25, -0.2) is 0 Å². The summed E-state index contributed by atoms with van der Waals surface area (Å²) in [5.74, 6) is 0. The van der Waals surface area contributed by atoms with Crippen LogP contribution in [0.3, 0.4) is 0 Å². The summed E-state index contributed by atoms with van der Waals surface area (Å²) in [5.41, 5.74) is 9.50. The molecule has 0 aliphatic heterocycles. The fourth-order valence-corrected chi connectivity index (χ4v) is 2.49. The van der Waals surface area contributed by atoms with Gasteiger partial charge in [0.05, 0.1) is 0 Å². The molecule has 0 amide bonds. The number of fused-ring (bicyclic) bond motifs is 1. The Morgan fingerprint density at radius 3 is 2.87 bits per heavy atom. The highest BCUT2D eigenvalue weighted by molar-refractivity contribution is 9.10. The minimum atomic E-state index is 0.192. The van der Waals surface area contributed by atoms with Gasteiger partial charge in [-0.15, -0.1) is 0 Å². The summed E-state index contributed by atoms with van der Waals surface area (Å²) in [7, 11) is 0. The van der Waals surface area contributed by atoms with Crippen molar-refractivity contribution in [3.05, 3.63) is 33.9 Å². The number of aromatic amines is 1. The first kappa shape index (κ1) is 10.7. The smallest absolute Gasteiger partial charge is 0.0470 e. The lowest BCUT2D eigenvalue weighted by atomic mass is 10.0. The van der Waals surface area contributed by atoms with E-state index in [1.807, 2.05) is 6.92 Å². The Bertz CT molecular complexity index is 486. The molecule has 1 unspecified atom stereocenters. The van der Waals surface area contributed by atoms with Gasteiger partial charge in [-0.1, -0.05) is 12.1 Å². The number of aryl methyl sites for hydroxylation is 1. The van der Waals surface area contributed by atoms with E-state index in [2.05, 4.69) is 46.0 Å². The molecule has 3 heteroatoms. The van der Waals surface area contributed by atoms with Crippen molar-refractivity contribution in [3.63, 3.8) is 0 Å². The number of benzene rings is 1. The molecule has 0 saturated carbocycles. The summed E-state index contributed by atoms with van der Waals surface area (Å²) in [4.78, 5) is 3.35. The summed E-state index contributed by atoms with van der Waals surface area (Å²) < 4.78 is 1.16. The highest BCUT2D eigenvalue weighted by Crippen LogP contribution is 2.30. The van der Waals surface area contributed by atoms with Crippen LogP contribution in [0.2, 0.25) is 0 Å². The molecule has 0 spiro atoms. The first-order chi connectivity index (χ1) is 7.09. The van der Waals surface area contributed by atoms with Crippen molar-refractivity contribution < 1.29 is 0 Å². The molecule has 1 heterocycles. The van der Waals surface area contributed by atoms with Crippen LogP contribution in [-0.4, -0.2) is 11.0 Å². The summed E-state index contributed by atoms with van der Waals surface area (Å²) >= 11 is 3.62. The van der Waals surface area contributed by atoms with Crippen LogP contribution in [0.4, 0.5) is 0 Å². The lowest BCUT2D eigenvalue weighted by Crippen LogP contribution is -2.17. The van der Waals surface area contributed by atoms with E-state index in [0.29, 0.717) is 0 Å². The largest absolute Gasteiger partial charge is 0.358 e. The summed E-state index contributed by atoms with van der Waals surface area (Å²) in [6, 6.07) is 6.50. The molecule has 0 saturated heterocycles. The van der Waals surface area contributed by atoms with Crippen molar-refractivity contribution in [1.82, 2.24) is 4.98 Å². The van der Waals surface area contributed by atoms with Crippen LogP contribution in [-0.2, 0) is 6.42 Å². The lowest BCUT2D eigenvalue weighted by Gasteiger charge is -2.06. The standard InChI is InChI=1S/C12H15BrN2/c1-7(14)6-9-4-3-5-10-11(9)12(13)8(2)15-10/h3-5,7,15H,6,14H2,1-2H3. The van der Waals surface area contributed by atoms with E-state index in [9.17, 15) is 0 Å². The van der Waals surface area contributed by atoms with E-state index in [0.717, 1.165) is 10.9 Å². The Morgan fingerprint density at radius 1 is 1.47 bits per heavy atom. The Kier molecular flexibility index (Phi) is 2.85. The van der Waals surface area contributed by atoms with Crippen LogP contribution in [0.1, 0.15) is 18.2 Å². The number of rotatable bonds is 2.